The minimum absolute atomic E-state index is 0.744. The summed E-state index contributed by atoms with van der Waals surface area (Å²) in [6.07, 6.45) is 1.79. The number of anilines is 3. The molecule has 0 aliphatic heterocycles. The molecular weight excluding hydrogens is 1830 g/mol. The van der Waals surface area contributed by atoms with Crippen LogP contribution < -0.4 is 20.9 Å². The van der Waals surface area contributed by atoms with Crippen LogP contribution in [0.4, 0.5) is 17.1 Å². The number of halogens is 12. The van der Waals surface area contributed by atoms with Crippen molar-refractivity contribution in [3.05, 3.63) is 330 Å². The maximum atomic E-state index is 6.11. The molecule has 2 aromatic heterocycles. The Morgan fingerprint density at radius 3 is 1.31 bits per heavy atom. The van der Waals surface area contributed by atoms with E-state index in [2.05, 4.69) is 258 Å². The molecule has 6 nitrogen and oxygen atoms in total. The third-order valence-electron chi connectivity index (χ3n) is 18.6. The first-order chi connectivity index (χ1) is 52.3. The molecule has 15 aromatic carbocycles. The van der Waals surface area contributed by atoms with E-state index in [1.807, 2.05) is 153 Å². The zero-order valence-electron chi connectivity index (χ0n) is 61.1. The van der Waals surface area contributed by atoms with Crippen LogP contribution in [0.25, 0.3) is 109 Å². The standard InChI is InChI=1S/C21H23N3.C17H11BrCl2.C17H11Cl2N.C17H10Cl2.C10H8ClN.C6H3BrClI.C2H7N.CH3Br/c1-22(2)16-7-6-14-11-19-18-9-8-17(23(3)4)13-21(18)24(5)20(19)12-15(14)10-16;18-17-6-5-16(20)10-14(17)8-11-1-2-12-3-4-15(19)9-13(12)7-11;1-20-16-8-11-6-12(18)3-2-10(11)7-15(16)14-5-4-13(19)9-17(14)20;18-14-2-1-10-9-17-12(5-11(10)7-14)6-13-8-15(19)3-4-16(13)17;11-9-3-1-7-2-4-10(12)6-8(7)5-9;7-5-2-1-4(8)3-6(5)9;1-3-2;1-2/h6-13H,1-5H3;1-7,9-10H,8H2;2-9H,1H3;1-5,7-9H,6H2;1-6H,12H2;1-3H;3H,1-2H3;1H3. The molecule has 18 heteroatoms. The summed E-state index contributed by atoms with van der Waals surface area (Å²) in [5.74, 6) is 1.81. The van der Waals surface area contributed by atoms with Gasteiger partial charge in [-0.3, -0.25) is 0 Å². The predicted molar refractivity (Wildman–Crippen MR) is 503 cm³/mol. The average Bonchev–Trinajstić information content (AvgIpc) is 1.61. The Morgan fingerprint density at radius 2 is 0.743 bits per heavy atom. The number of rotatable bonds is 4. The molecule has 0 spiro atoms. The largest absolute Gasteiger partial charge is 0.399 e. The molecule has 2 heterocycles. The van der Waals surface area contributed by atoms with Crippen LogP contribution in [0.15, 0.2) is 264 Å². The molecule has 0 bridgehead atoms. The lowest BCUT2D eigenvalue weighted by Gasteiger charge is -2.13. The number of hydrogen-bond donors (Lipinski definition) is 2. The van der Waals surface area contributed by atoms with E-state index in [1.165, 1.54) is 115 Å². The van der Waals surface area contributed by atoms with E-state index in [4.69, 9.17) is 98.5 Å². The van der Waals surface area contributed by atoms with E-state index in [1.54, 1.807) is 0 Å². The first kappa shape index (κ1) is 83.0. The lowest BCUT2D eigenvalue weighted by molar-refractivity contribution is 1.01. The van der Waals surface area contributed by atoms with Crippen molar-refractivity contribution < 1.29 is 0 Å². The van der Waals surface area contributed by atoms with Crippen LogP contribution in [0.1, 0.15) is 22.3 Å². The Kier molecular flexibility index (Phi) is 28.6. The summed E-state index contributed by atoms with van der Waals surface area (Å²) in [6, 6.07) is 86.6. The Labute approximate surface area is 716 Å². The fourth-order valence-electron chi connectivity index (χ4n) is 13.2. The summed E-state index contributed by atoms with van der Waals surface area (Å²) in [5.41, 5.74) is 21.5. The molecule has 3 N–H and O–H groups in total. The quantitative estimate of drug-likeness (QED) is 0.0798. The van der Waals surface area contributed by atoms with E-state index in [0.717, 1.165) is 98.3 Å². The Balaban J connectivity index is 0.000000131. The second-order valence-electron chi connectivity index (χ2n) is 26.6. The van der Waals surface area contributed by atoms with Gasteiger partial charge in [0.15, 0.2) is 0 Å². The number of alkyl halides is 1. The number of aromatic nitrogens is 2. The van der Waals surface area contributed by atoms with Gasteiger partial charge in [0.05, 0.1) is 11.0 Å². The lowest BCUT2D eigenvalue weighted by atomic mass is 10.0. The molecule has 0 saturated heterocycles. The molecule has 1 aliphatic rings. The van der Waals surface area contributed by atoms with Gasteiger partial charge < -0.3 is 30.0 Å². The van der Waals surface area contributed by atoms with Gasteiger partial charge in [0.2, 0.25) is 0 Å². The fourth-order valence-corrected chi connectivity index (χ4v) is 16.0. The Bertz CT molecular complexity index is 6170. The number of nitrogens with zero attached hydrogens (tertiary/aromatic N) is 4. The van der Waals surface area contributed by atoms with E-state index >= 15 is 0 Å². The van der Waals surface area contributed by atoms with Crippen molar-refractivity contribution in [2.75, 3.05) is 63.7 Å². The summed E-state index contributed by atoms with van der Waals surface area (Å²) < 4.78 is 7.79. The number of benzene rings is 15. The third-order valence-corrected chi connectivity index (χ3v) is 23.6. The predicted octanol–water partition coefficient (Wildman–Crippen LogP) is 30.3. The van der Waals surface area contributed by atoms with Crippen molar-refractivity contribution in [2.45, 2.75) is 12.8 Å². The molecule has 17 aromatic rings. The van der Waals surface area contributed by atoms with Gasteiger partial charge in [-0.25, -0.2) is 0 Å². The van der Waals surface area contributed by atoms with E-state index < -0.39 is 0 Å². The van der Waals surface area contributed by atoms with Crippen molar-refractivity contribution in [2.24, 2.45) is 14.1 Å². The third kappa shape index (κ3) is 20.3. The van der Waals surface area contributed by atoms with Crippen molar-refractivity contribution in [3.8, 4) is 11.1 Å². The van der Waals surface area contributed by atoms with Crippen LogP contribution in [-0.2, 0) is 26.9 Å². The molecule has 554 valence electrons. The monoisotopic (exact) mass is 1900 g/mol. The number of fused-ring (bicyclic) bond motifs is 14. The maximum Gasteiger partial charge on any atom is 0.0509 e. The molecule has 109 heavy (non-hydrogen) atoms. The van der Waals surface area contributed by atoms with Crippen molar-refractivity contribution in [3.63, 3.8) is 0 Å². The van der Waals surface area contributed by atoms with Gasteiger partial charge >= 0.3 is 0 Å². The highest BCUT2D eigenvalue weighted by Gasteiger charge is 2.20. The smallest absolute Gasteiger partial charge is 0.0509 e. The molecule has 0 amide bonds. The van der Waals surface area contributed by atoms with Crippen LogP contribution in [-0.4, -0.2) is 57.3 Å². The van der Waals surface area contributed by atoms with E-state index in [9.17, 15) is 0 Å². The molecule has 0 fully saturated rings. The van der Waals surface area contributed by atoms with E-state index in [0.29, 0.717) is 0 Å². The normalized spacial score (nSPS) is 11.1. The minimum atomic E-state index is 0.744. The van der Waals surface area contributed by atoms with Gasteiger partial charge in [-0.05, 0) is 334 Å². The molecule has 0 atom stereocenters. The van der Waals surface area contributed by atoms with Gasteiger partial charge in [-0.1, -0.05) is 204 Å². The van der Waals surface area contributed by atoms with Gasteiger partial charge in [-0.2, -0.15) is 0 Å². The van der Waals surface area contributed by atoms with Gasteiger partial charge in [0.25, 0.3) is 0 Å². The summed E-state index contributed by atoms with van der Waals surface area (Å²) in [7, 11) is 16.3. The van der Waals surface area contributed by atoms with Gasteiger partial charge in [0.1, 0.15) is 0 Å². The number of hydrogen-bond acceptors (Lipinski definition) is 4. The van der Waals surface area contributed by atoms with E-state index in [-0.39, 0.29) is 0 Å². The molecule has 0 unspecified atom stereocenters. The molecular formula is C91H76Br3Cl8IN6. The number of nitrogen functional groups attached to an aromatic ring is 1. The Morgan fingerprint density at radius 1 is 0.358 bits per heavy atom. The van der Waals surface area contributed by atoms with Crippen LogP contribution in [0.3, 0.4) is 0 Å². The minimum Gasteiger partial charge on any atom is -0.399 e. The maximum absolute atomic E-state index is 6.11. The first-order valence-corrected chi connectivity index (χ1v) is 41.8. The fraction of sp³-hybridized carbons (Fsp3) is 0.121. The summed E-state index contributed by atoms with van der Waals surface area (Å²) >= 11 is 60.1. The second-order valence-corrected chi connectivity index (χ2v) is 32.9. The molecule has 0 radical (unpaired) electrons. The highest BCUT2D eigenvalue weighted by atomic mass is 127. The molecule has 18 rings (SSSR count). The molecule has 1 aliphatic carbocycles. The SMILES string of the molecule is CBr.CN(C)c1ccc2cc3c4ccc(N(C)C)cc4n(C)c3cc2c1.CNC.Clc1ccc(Br)c(Cc2ccc3ccc(Cl)cc3c2)c1.Clc1ccc(Br)c(I)c1.Clc1ccc2c(c1)Cc1cc3cc(Cl)ccc3cc1-2.Cn1c2cc(Cl)ccc2c2cc3ccc(Cl)cc3cc21.Nc1ccc2ccc(Cl)cc2c1. The average molecular weight is 1900 g/mol. The van der Waals surface area contributed by atoms with Crippen molar-refractivity contribution in [1.29, 1.82) is 0 Å². The van der Waals surface area contributed by atoms with Crippen molar-refractivity contribution in [1.82, 2.24) is 14.5 Å². The summed E-state index contributed by atoms with van der Waals surface area (Å²) in [6.45, 7) is 0. The van der Waals surface area contributed by atoms with Crippen LogP contribution in [0.2, 0.25) is 40.2 Å². The van der Waals surface area contributed by atoms with Gasteiger partial charge in [0, 0.05) is 145 Å². The van der Waals surface area contributed by atoms with Gasteiger partial charge in [-0.15, -0.1) is 0 Å². The summed E-state index contributed by atoms with van der Waals surface area (Å²) in [4.78, 5) is 4.30. The topological polar surface area (TPSA) is 54.4 Å². The first-order valence-electron chi connectivity index (χ1n) is 34.5. The number of aryl methyl sites for hydroxylation is 2. The lowest BCUT2D eigenvalue weighted by Crippen LogP contribution is -2.08. The number of nitrogens with one attached hydrogen (secondary N) is 1. The zero-order valence-corrected chi connectivity index (χ0v) is 74.0. The number of nitrogens with two attached hydrogens (primary N) is 1. The van der Waals surface area contributed by atoms with Crippen LogP contribution in [0, 0.1) is 3.57 Å². The van der Waals surface area contributed by atoms with Crippen LogP contribution in [0.5, 0.6) is 0 Å². The molecule has 0 saturated carbocycles. The van der Waals surface area contributed by atoms with Crippen LogP contribution >= 0.6 is 163 Å². The Hall–Kier alpha value is -6.95. The zero-order chi connectivity index (χ0) is 78.1. The summed E-state index contributed by atoms with van der Waals surface area (Å²) in [5, 5.41) is 26.0. The second kappa shape index (κ2) is 37.6. The highest BCUT2D eigenvalue weighted by Crippen LogP contribution is 2.42. The highest BCUT2D eigenvalue weighted by molar-refractivity contribution is 14.1. The van der Waals surface area contributed by atoms with Crippen molar-refractivity contribution >= 4 is 278 Å².